The second-order valence-electron chi connectivity index (χ2n) is 4.12. The lowest BCUT2D eigenvalue weighted by Crippen LogP contribution is -2.33. The van der Waals surface area contributed by atoms with Crippen LogP contribution in [0, 0.1) is 0 Å². The molecule has 4 unspecified atom stereocenters. The minimum absolute atomic E-state index is 0.196. The molecular weight excluding hydrogens is 228 g/mol. The van der Waals surface area contributed by atoms with Gasteiger partial charge >= 0.3 is 5.69 Å². The van der Waals surface area contributed by atoms with Gasteiger partial charge < -0.3 is 14.9 Å². The van der Waals surface area contributed by atoms with Gasteiger partial charge in [-0.2, -0.15) is 0 Å². The molecule has 4 atom stereocenters. The summed E-state index contributed by atoms with van der Waals surface area (Å²) in [5, 5.41) is 19.0. The molecule has 0 aliphatic carbocycles. The Bertz CT molecular complexity index is 506. The SMILES string of the molecule is CC(O)C1OC(n2ccc(=O)[nH]c2=O)CC1O. The molecule has 94 valence electrons. The summed E-state index contributed by atoms with van der Waals surface area (Å²) in [6.07, 6.45) is -1.55. The zero-order valence-electron chi connectivity index (χ0n) is 9.24. The molecule has 17 heavy (non-hydrogen) atoms. The average Bonchev–Trinajstić information content (AvgIpc) is 2.60. The van der Waals surface area contributed by atoms with Crippen LogP contribution in [0.2, 0.25) is 0 Å². The van der Waals surface area contributed by atoms with Gasteiger partial charge in [0.15, 0.2) is 0 Å². The third kappa shape index (κ3) is 2.31. The number of aromatic nitrogens is 2. The Labute approximate surface area is 96.3 Å². The molecule has 3 N–H and O–H groups in total. The summed E-state index contributed by atoms with van der Waals surface area (Å²) in [5.41, 5.74) is -1.09. The van der Waals surface area contributed by atoms with Crippen molar-refractivity contribution in [1.29, 1.82) is 0 Å². The number of aliphatic hydroxyl groups is 2. The molecule has 0 saturated carbocycles. The molecule has 1 aliphatic heterocycles. The highest BCUT2D eigenvalue weighted by atomic mass is 16.5. The Kier molecular flexibility index (Phi) is 3.14. The molecule has 0 amide bonds. The van der Waals surface area contributed by atoms with Crippen molar-refractivity contribution in [1.82, 2.24) is 9.55 Å². The maximum Gasteiger partial charge on any atom is 0.330 e. The van der Waals surface area contributed by atoms with E-state index in [1.807, 2.05) is 0 Å². The predicted octanol–water partition coefficient (Wildman–Crippen LogP) is -1.43. The maximum absolute atomic E-state index is 11.5. The van der Waals surface area contributed by atoms with Gasteiger partial charge in [0.2, 0.25) is 0 Å². The number of hydrogen-bond acceptors (Lipinski definition) is 5. The lowest BCUT2D eigenvalue weighted by Gasteiger charge is -2.17. The summed E-state index contributed by atoms with van der Waals surface area (Å²) in [5.74, 6) is 0. The summed E-state index contributed by atoms with van der Waals surface area (Å²) in [4.78, 5) is 24.5. The fourth-order valence-corrected chi connectivity index (χ4v) is 1.94. The van der Waals surface area contributed by atoms with Crippen molar-refractivity contribution in [2.75, 3.05) is 0 Å². The zero-order valence-corrected chi connectivity index (χ0v) is 9.24. The molecule has 1 aliphatic rings. The van der Waals surface area contributed by atoms with Crippen molar-refractivity contribution in [3.05, 3.63) is 33.1 Å². The fraction of sp³-hybridized carbons (Fsp3) is 0.600. The lowest BCUT2D eigenvalue weighted by atomic mass is 10.1. The second-order valence-corrected chi connectivity index (χ2v) is 4.12. The van der Waals surface area contributed by atoms with Crippen LogP contribution >= 0.6 is 0 Å². The van der Waals surface area contributed by atoms with E-state index < -0.39 is 35.8 Å². The van der Waals surface area contributed by atoms with Crippen molar-refractivity contribution >= 4 is 0 Å². The number of hydrogen-bond donors (Lipinski definition) is 3. The molecule has 2 heterocycles. The first-order chi connectivity index (χ1) is 7.99. The Morgan fingerprint density at radius 2 is 2.29 bits per heavy atom. The van der Waals surface area contributed by atoms with E-state index in [9.17, 15) is 19.8 Å². The third-order valence-corrected chi connectivity index (χ3v) is 2.77. The van der Waals surface area contributed by atoms with Crippen molar-refractivity contribution in [3.8, 4) is 0 Å². The zero-order chi connectivity index (χ0) is 12.6. The Morgan fingerprint density at radius 1 is 1.59 bits per heavy atom. The van der Waals surface area contributed by atoms with E-state index in [1.54, 1.807) is 0 Å². The number of H-pyrrole nitrogens is 1. The van der Waals surface area contributed by atoms with Crippen LogP contribution in [0.3, 0.4) is 0 Å². The minimum atomic E-state index is -0.834. The van der Waals surface area contributed by atoms with Crippen molar-refractivity contribution < 1.29 is 14.9 Å². The van der Waals surface area contributed by atoms with Gasteiger partial charge in [0.05, 0.1) is 12.2 Å². The molecule has 0 bridgehead atoms. The summed E-state index contributed by atoms with van der Waals surface area (Å²) >= 11 is 0. The first-order valence-electron chi connectivity index (χ1n) is 5.32. The molecule has 0 spiro atoms. The number of aromatic amines is 1. The molecule has 1 aromatic rings. The van der Waals surface area contributed by atoms with Crippen molar-refractivity contribution in [2.45, 2.75) is 37.9 Å². The van der Waals surface area contributed by atoms with Crippen molar-refractivity contribution in [2.24, 2.45) is 0 Å². The number of rotatable bonds is 2. The van der Waals surface area contributed by atoms with Crippen LogP contribution in [0.5, 0.6) is 0 Å². The topological polar surface area (TPSA) is 105 Å². The highest BCUT2D eigenvalue weighted by molar-refractivity contribution is 4.89. The van der Waals surface area contributed by atoms with Crippen LogP contribution in [-0.4, -0.2) is 38.1 Å². The highest BCUT2D eigenvalue weighted by Gasteiger charge is 2.37. The van der Waals surface area contributed by atoms with E-state index in [0.29, 0.717) is 0 Å². The molecule has 7 heteroatoms. The summed E-state index contributed by atoms with van der Waals surface area (Å²) in [7, 11) is 0. The second kappa shape index (κ2) is 4.44. The van der Waals surface area contributed by atoms with Gasteiger partial charge in [0, 0.05) is 18.7 Å². The first-order valence-corrected chi connectivity index (χ1v) is 5.32. The summed E-state index contributed by atoms with van der Waals surface area (Å²) < 4.78 is 6.57. The van der Waals surface area contributed by atoms with Gasteiger partial charge in [-0.25, -0.2) is 4.79 Å². The Hall–Kier alpha value is -1.44. The van der Waals surface area contributed by atoms with Crippen LogP contribution in [0.4, 0.5) is 0 Å². The van der Waals surface area contributed by atoms with Gasteiger partial charge in [-0.15, -0.1) is 0 Å². The molecular formula is C10H14N2O5. The molecule has 1 fully saturated rings. The predicted molar refractivity (Wildman–Crippen MR) is 57.5 cm³/mol. The van der Waals surface area contributed by atoms with Gasteiger partial charge in [-0.3, -0.25) is 14.3 Å². The lowest BCUT2D eigenvalue weighted by molar-refractivity contribution is -0.0770. The van der Waals surface area contributed by atoms with Gasteiger partial charge in [0.25, 0.3) is 5.56 Å². The first kappa shape index (κ1) is 12.0. The van der Waals surface area contributed by atoms with E-state index in [-0.39, 0.29) is 6.42 Å². The van der Waals surface area contributed by atoms with Crippen LogP contribution in [0.25, 0.3) is 0 Å². The molecule has 0 aromatic carbocycles. The van der Waals surface area contributed by atoms with Crippen LogP contribution in [-0.2, 0) is 4.74 Å². The van der Waals surface area contributed by atoms with Gasteiger partial charge in [-0.1, -0.05) is 0 Å². The molecule has 1 saturated heterocycles. The van der Waals surface area contributed by atoms with Gasteiger partial charge in [-0.05, 0) is 6.92 Å². The van der Waals surface area contributed by atoms with E-state index in [0.717, 1.165) is 0 Å². The van der Waals surface area contributed by atoms with E-state index in [2.05, 4.69) is 4.98 Å². The Morgan fingerprint density at radius 3 is 2.82 bits per heavy atom. The van der Waals surface area contributed by atoms with Crippen molar-refractivity contribution in [3.63, 3.8) is 0 Å². The van der Waals surface area contributed by atoms with E-state index in [4.69, 9.17) is 4.74 Å². The number of ether oxygens (including phenoxy) is 1. The van der Waals surface area contributed by atoms with Crippen LogP contribution in [0.1, 0.15) is 19.6 Å². The summed E-state index contributed by atoms with van der Waals surface area (Å²) in [6.45, 7) is 1.51. The van der Waals surface area contributed by atoms with Gasteiger partial charge in [0.1, 0.15) is 12.3 Å². The average molecular weight is 242 g/mol. The smallest absolute Gasteiger partial charge is 0.330 e. The molecule has 7 nitrogen and oxygen atoms in total. The number of nitrogens with zero attached hydrogens (tertiary/aromatic N) is 1. The third-order valence-electron chi connectivity index (χ3n) is 2.77. The minimum Gasteiger partial charge on any atom is -0.391 e. The standard InChI is InChI=1S/C10H14N2O5/c1-5(13)9-6(14)4-8(17-9)12-3-2-7(15)11-10(12)16/h2-3,5-6,8-9,13-14H,4H2,1H3,(H,11,15,16). The van der Waals surface area contributed by atoms with Crippen LogP contribution in [0.15, 0.2) is 21.9 Å². The molecule has 0 radical (unpaired) electrons. The molecule has 1 aromatic heterocycles. The van der Waals surface area contributed by atoms with E-state index in [1.165, 1.54) is 23.8 Å². The monoisotopic (exact) mass is 242 g/mol. The maximum atomic E-state index is 11.5. The number of nitrogens with one attached hydrogen (secondary N) is 1. The summed E-state index contributed by atoms with van der Waals surface area (Å²) in [6, 6.07) is 1.20. The molecule has 2 rings (SSSR count). The Balaban J connectivity index is 2.26. The fourth-order valence-electron chi connectivity index (χ4n) is 1.94. The van der Waals surface area contributed by atoms with E-state index >= 15 is 0 Å². The normalized spacial score (nSPS) is 30.4. The quantitative estimate of drug-likeness (QED) is 0.589. The van der Waals surface area contributed by atoms with Crippen LogP contribution < -0.4 is 11.2 Å². The largest absolute Gasteiger partial charge is 0.391 e. The number of aliphatic hydroxyl groups excluding tert-OH is 2. The highest BCUT2D eigenvalue weighted by Crippen LogP contribution is 2.29.